The molecule has 0 saturated carbocycles. The van der Waals surface area contributed by atoms with E-state index in [1.165, 1.54) is 5.12 Å². The van der Waals surface area contributed by atoms with Crippen LogP contribution in [0.5, 0.6) is 0 Å². The van der Waals surface area contributed by atoms with Gasteiger partial charge in [-0.05, 0) is 6.07 Å². The number of hydrogen-bond donors (Lipinski definition) is 2. The molecule has 0 aromatic heterocycles. The maximum absolute atomic E-state index is 11.3. The van der Waals surface area contributed by atoms with Crippen molar-refractivity contribution in [1.29, 1.82) is 0 Å². The molecule has 1 aliphatic heterocycles. The molecule has 1 aromatic rings. The Hall–Kier alpha value is -1.66. The molecule has 2 rings (SSSR count). The quantitative estimate of drug-likeness (QED) is 0.283. The molecule has 6 heteroatoms. The van der Waals surface area contributed by atoms with Crippen LogP contribution in [0, 0.1) is 5.21 Å². The molecule has 3 N–H and O–H groups in total. The van der Waals surface area contributed by atoms with Crippen molar-refractivity contribution in [3.63, 3.8) is 0 Å². The molecule has 0 fully saturated rings. The van der Waals surface area contributed by atoms with Crippen molar-refractivity contribution in [3.8, 4) is 0 Å². The minimum absolute atomic E-state index is 0.491. The third-order valence-electron chi connectivity index (χ3n) is 1.86. The number of nitrogens with two attached hydrogens (primary N) is 1. The van der Waals surface area contributed by atoms with Gasteiger partial charge in [-0.1, -0.05) is 28.9 Å². The second-order valence-corrected chi connectivity index (χ2v) is 2.68. The number of hydrazine groups is 2. The summed E-state index contributed by atoms with van der Waals surface area (Å²) in [6.07, 6.45) is 0. The Morgan fingerprint density at radius 1 is 1.54 bits per heavy atom. The van der Waals surface area contributed by atoms with E-state index >= 15 is 0 Å². The van der Waals surface area contributed by atoms with Crippen LogP contribution in [0.25, 0.3) is 0 Å². The highest BCUT2D eigenvalue weighted by molar-refractivity contribution is 5.39. The normalized spacial score (nSPS) is 15.2. The molecule has 1 aromatic carbocycles. The summed E-state index contributed by atoms with van der Waals surface area (Å²) in [6, 6.07) is 7.25. The lowest BCUT2D eigenvalue weighted by molar-refractivity contribution is -0.472. The smallest absolute Gasteiger partial charge is 0.161 e. The zero-order chi connectivity index (χ0) is 9.26. The van der Waals surface area contributed by atoms with E-state index in [0.29, 0.717) is 17.1 Å². The molecule has 0 unspecified atom stereocenters. The van der Waals surface area contributed by atoms with E-state index in [2.05, 4.69) is 10.8 Å². The van der Waals surface area contributed by atoms with Gasteiger partial charge >= 0.3 is 0 Å². The predicted octanol–water partition coefficient (Wildman–Crippen LogP) is 0.389. The van der Waals surface area contributed by atoms with Gasteiger partial charge < -0.3 is 5.21 Å². The first kappa shape index (κ1) is 7.96. The Kier molecular flexibility index (Phi) is 1.84. The lowest BCUT2D eigenvalue weighted by Gasteiger charge is -2.19. The van der Waals surface area contributed by atoms with Crippen molar-refractivity contribution in [2.75, 3.05) is 0 Å². The first-order valence-electron chi connectivity index (χ1n) is 3.82. The monoisotopic (exact) mass is 179 g/mol. The van der Waals surface area contributed by atoms with Gasteiger partial charge in [-0.2, -0.15) is 0 Å². The summed E-state index contributed by atoms with van der Waals surface area (Å²) in [7, 11) is 0. The molecule has 0 spiro atoms. The van der Waals surface area contributed by atoms with Gasteiger partial charge in [-0.25, -0.2) is 5.84 Å². The summed E-state index contributed by atoms with van der Waals surface area (Å²) in [5.41, 5.74) is 3.76. The van der Waals surface area contributed by atoms with Crippen LogP contribution < -0.4 is 11.4 Å². The molecule has 0 radical (unpaired) electrons. The zero-order valence-corrected chi connectivity index (χ0v) is 6.84. The average molecular weight is 179 g/mol. The topological polar surface area (TPSA) is 79.7 Å². The molecule has 0 amide bonds. The van der Waals surface area contributed by atoms with E-state index < -0.39 is 0 Å². The maximum atomic E-state index is 11.3. The van der Waals surface area contributed by atoms with Gasteiger partial charge in [0.2, 0.25) is 0 Å². The van der Waals surface area contributed by atoms with Crippen molar-refractivity contribution in [1.82, 2.24) is 10.7 Å². The summed E-state index contributed by atoms with van der Waals surface area (Å²) in [5.74, 6) is 5.14. The Bertz CT molecular complexity index is 350. The van der Waals surface area contributed by atoms with Gasteiger partial charge in [0.25, 0.3) is 0 Å². The standard InChI is InChI=1S/C7H9N5O/c8-9-11-5-6-3-1-2-4-7(6)12(13)10-11/h1-4,9H,5,8H2. The highest BCUT2D eigenvalue weighted by Crippen LogP contribution is 2.23. The second-order valence-electron chi connectivity index (χ2n) is 2.68. The Labute approximate surface area is 74.8 Å². The molecule has 1 aliphatic rings. The van der Waals surface area contributed by atoms with Gasteiger partial charge in [0.05, 0.1) is 0 Å². The third-order valence-corrected chi connectivity index (χ3v) is 1.86. The molecule has 0 atom stereocenters. The van der Waals surface area contributed by atoms with Crippen LogP contribution in [0.1, 0.15) is 5.56 Å². The fraction of sp³-hybridized carbons (Fsp3) is 0.143. The number of fused-ring (bicyclic) bond motifs is 1. The molecule has 68 valence electrons. The number of hydrogen-bond acceptors (Lipinski definition) is 5. The van der Waals surface area contributed by atoms with Crippen molar-refractivity contribution in [2.24, 2.45) is 11.1 Å². The van der Waals surface area contributed by atoms with E-state index in [1.807, 2.05) is 12.1 Å². The SMILES string of the molecule is NNN1Cc2ccccc2[N+]([O-])=N1. The van der Waals surface area contributed by atoms with Gasteiger partial charge in [-0.15, -0.1) is 4.86 Å². The summed E-state index contributed by atoms with van der Waals surface area (Å²) < 4.78 is 0. The minimum Gasteiger partial charge on any atom is -0.691 e. The summed E-state index contributed by atoms with van der Waals surface area (Å²) in [4.78, 5) is 0.540. The van der Waals surface area contributed by atoms with Crippen LogP contribution in [0.15, 0.2) is 29.5 Å². The Morgan fingerprint density at radius 2 is 2.31 bits per heavy atom. The van der Waals surface area contributed by atoms with Crippen molar-refractivity contribution in [2.45, 2.75) is 6.54 Å². The lowest BCUT2D eigenvalue weighted by Crippen LogP contribution is -2.40. The summed E-state index contributed by atoms with van der Waals surface area (Å²) in [5, 5.41) is 16.2. The average Bonchev–Trinajstić information content (AvgIpc) is 2.18. The number of para-hydroxylation sites is 1. The van der Waals surface area contributed by atoms with E-state index in [4.69, 9.17) is 5.84 Å². The van der Waals surface area contributed by atoms with Gasteiger partial charge in [0.1, 0.15) is 5.22 Å². The predicted molar refractivity (Wildman–Crippen MR) is 45.0 cm³/mol. The van der Waals surface area contributed by atoms with Gasteiger partial charge in [-0.3, -0.25) is 0 Å². The number of benzene rings is 1. The van der Waals surface area contributed by atoms with Crippen LogP contribution >= 0.6 is 0 Å². The highest BCUT2D eigenvalue weighted by atomic mass is 16.5. The van der Waals surface area contributed by atoms with Gasteiger partial charge in [0, 0.05) is 5.56 Å². The minimum atomic E-state index is 0.491. The molecule has 0 aliphatic carbocycles. The van der Waals surface area contributed by atoms with Gasteiger partial charge in [0.15, 0.2) is 12.2 Å². The van der Waals surface area contributed by atoms with Crippen LogP contribution in [-0.2, 0) is 6.54 Å². The molecular formula is C7H9N5O. The first-order chi connectivity index (χ1) is 6.31. The first-order valence-corrected chi connectivity index (χ1v) is 3.82. The van der Waals surface area contributed by atoms with Crippen molar-refractivity contribution >= 4 is 5.69 Å². The summed E-state index contributed by atoms with van der Waals surface area (Å²) in [6.45, 7) is 0.491. The summed E-state index contributed by atoms with van der Waals surface area (Å²) >= 11 is 0. The van der Waals surface area contributed by atoms with E-state index in [9.17, 15) is 5.21 Å². The molecule has 0 saturated heterocycles. The van der Waals surface area contributed by atoms with E-state index in [1.54, 1.807) is 12.1 Å². The fourth-order valence-electron chi connectivity index (χ4n) is 1.24. The van der Waals surface area contributed by atoms with Crippen molar-refractivity contribution < 1.29 is 4.86 Å². The Balaban J connectivity index is 2.42. The number of rotatable bonds is 1. The zero-order valence-electron chi connectivity index (χ0n) is 6.84. The maximum Gasteiger partial charge on any atom is 0.161 e. The van der Waals surface area contributed by atoms with Crippen LogP contribution in [0.4, 0.5) is 5.69 Å². The van der Waals surface area contributed by atoms with E-state index in [0.717, 1.165) is 5.56 Å². The highest BCUT2D eigenvalue weighted by Gasteiger charge is 2.20. The number of nitrogens with zero attached hydrogens (tertiary/aromatic N) is 3. The molecule has 1 heterocycles. The third kappa shape index (κ3) is 1.32. The fourth-order valence-corrected chi connectivity index (χ4v) is 1.24. The lowest BCUT2D eigenvalue weighted by atomic mass is 10.2. The Morgan fingerprint density at radius 3 is 3.08 bits per heavy atom. The number of nitrogens with one attached hydrogen (secondary N) is 1. The molecule has 6 nitrogen and oxygen atoms in total. The van der Waals surface area contributed by atoms with Crippen molar-refractivity contribution in [3.05, 3.63) is 35.0 Å². The largest absolute Gasteiger partial charge is 0.691 e. The van der Waals surface area contributed by atoms with E-state index in [-0.39, 0.29) is 0 Å². The molecule has 0 bridgehead atoms. The second kappa shape index (κ2) is 3.00. The molecule has 13 heavy (non-hydrogen) atoms. The van der Waals surface area contributed by atoms with Crippen LogP contribution in [0.3, 0.4) is 0 Å². The van der Waals surface area contributed by atoms with Crippen LogP contribution in [-0.4, -0.2) is 9.98 Å². The van der Waals surface area contributed by atoms with Crippen LogP contribution in [0.2, 0.25) is 0 Å². The molecular weight excluding hydrogens is 170 g/mol.